The van der Waals surface area contributed by atoms with Gasteiger partial charge >= 0.3 is 0 Å². The molecular weight excluding hydrogens is 254 g/mol. The maximum Gasteiger partial charge on any atom is 0.0681 e. The summed E-state index contributed by atoms with van der Waals surface area (Å²) in [5.41, 5.74) is 2.49. The van der Waals surface area contributed by atoms with E-state index in [1.807, 2.05) is 25.6 Å². The average Bonchev–Trinajstić information content (AvgIpc) is 2.37. The SMILES string of the molecule is CC(C)(O)CSCCNC1CCc2ccccc2C1. The van der Waals surface area contributed by atoms with Crippen molar-refractivity contribution in [1.29, 1.82) is 0 Å². The first-order valence-corrected chi connectivity index (χ1v) is 8.30. The highest BCUT2D eigenvalue weighted by Gasteiger charge is 2.17. The lowest BCUT2D eigenvalue weighted by atomic mass is 9.88. The van der Waals surface area contributed by atoms with Crippen LogP contribution < -0.4 is 5.32 Å². The first kappa shape index (κ1) is 14.9. The average molecular weight is 279 g/mol. The van der Waals surface area contributed by atoms with Crippen molar-refractivity contribution in [2.24, 2.45) is 0 Å². The third kappa shape index (κ3) is 5.17. The Hall–Kier alpha value is -0.510. The van der Waals surface area contributed by atoms with Gasteiger partial charge in [0, 0.05) is 24.1 Å². The van der Waals surface area contributed by atoms with Gasteiger partial charge in [0.1, 0.15) is 0 Å². The highest BCUT2D eigenvalue weighted by molar-refractivity contribution is 7.99. The van der Waals surface area contributed by atoms with Crippen LogP contribution in [0.4, 0.5) is 0 Å². The second-order valence-corrected chi connectivity index (χ2v) is 7.13. The minimum atomic E-state index is -0.547. The lowest BCUT2D eigenvalue weighted by molar-refractivity contribution is 0.107. The molecule has 2 rings (SSSR count). The van der Waals surface area contributed by atoms with E-state index in [1.54, 1.807) is 0 Å². The molecule has 19 heavy (non-hydrogen) atoms. The van der Waals surface area contributed by atoms with E-state index in [2.05, 4.69) is 29.6 Å². The van der Waals surface area contributed by atoms with Crippen LogP contribution in [-0.4, -0.2) is 34.8 Å². The maximum absolute atomic E-state index is 9.63. The summed E-state index contributed by atoms with van der Waals surface area (Å²) in [6.45, 7) is 4.77. The largest absolute Gasteiger partial charge is 0.390 e. The molecule has 0 bridgehead atoms. The van der Waals surface area contributed by atoms with E-state index in [4.69, 9.17) is 0 Å². The number of thioether (sulfide) groups is 1. The first-order valence-electron chi connectivity index (χ1n) is 7.15. The monoisotopic (exact) mass is 279 g/mol. The van der Waals surface area contributed by atoms with Crippen molar-refractivity contribution in [2.45, 2.75) is 44.8 Å². The lowest BCUT2D eigenvalue weighted by Crippen LogP contribution is -2.36. The number of rotatable bonds is 6. The molecule has 0 fully saturated rings. The molecular formula is C16H25NOS. The highest BCUT2D eigenvalue weighted by atomic mass is 32.2. The molecule has 1 atom stereocenters. The maximum atomic E-state index is 9.63. The fourth-order valence-electron chi connectivity index (χ4n) is 2.53. The van der Waals surface area contributed by atoms with E-state index in [-0.39, 0.29) is 0 Å². The molecule has 3 heteroatoms. The van der Waals surface area contributed by atoms with Crippen LogP contribution in [0, 0.1) is 0 Å². The third-order valence-electron chi connectivity index (χ3n) is 3.48. The fourth-order valence-corrected chi connectivity index (χ4v) is 3.44. The van der Waals surface area contributed by atoms with E-state index in [9.17, 15) is 5.11 Å². The molecule has 2 nitrogen and oxygen atoms in total. The van der Waals surface area contributed by atoms with Crippen molar-refractivity contribution in [2.75, 3.05) is 18.1 Å². The topological polar surface area (TPSA) is 32.3 Å². The van der Waals surface area contributed by atoms with Crippen molar-refractivity contribution in [3.63, 3.8) is 0 Å². The minimum absolute atomic E-state index is 0.547. The van der Waals surface area contributed by atoms with Crippen LogP contribution in [0.3, 0.4) is 0 Å². The van der Waals surface area contributed by atoms with Gasteiger partial charge in [0.05, 0.1) is 5.60 Å². The summed E-state index contributed by atoms with van der Waals surface area (Å²) in [6.07, 6.45) is 3.60. The zero-order valence-corrected chi connectivity index (χ0v) is 12.8. The molecule has 0 radical (unpaired) electrons. The Kier molecular flexibility index (Phi) is 5.31. The van der Waals surface area contributed by atoms with Crippen LogP contribution in [0.1, 0.15) is 31.4 Å². The van der Waals surface area contributed by atoms with E-state index in [0.717, 1.165) is 24.5 Å². The first-order chi connectivity index (χ1) is 9.04. The fraction of sp³-hybridized carbons (Fsp3) is 0.625. The Labute approximate surface area is 121 Å². The Balaban J connectivity index is 1.66. The van der Waals surface area contributed by atoms with E-state index in [1.165, 1.54) is 24.0 Å². The predicted octanol–water partition coefficient (Wildman–Crippen LogP) is 2.64. The number of benzene rings is 1. The smallest absolute Gasteiger partial charge is 0.0681 e. The minimum Gasteiger partial charge on any atom is -0.390 e. The van der Waals surface area contributed by atoms with Gasteiger partial charge in [-0.3, -0.25) is 0 Å². The Morgan fingerprint density at radius 3 is 2.79 bits per heavy atom. The lowest BCUT2D eigenvalue weighted by Gasteiger charge is -2.25. The Bertz CT molecular complexity index is 400. The van der Waals surface area contributed by atoms with E-state index < -0.39 is 5.60 Å². The third-order valence-corrected chi connectivity index (χ3v) is 4.88. The van der Waals surface area contributed by atoms with Crippen molar-refractivity contribution in [1.82, 2.24) is 5.32 Å². The number of nitrogens with one attached hydrogen (secondary N) is 1. The molecule has 1 aliphatic carbocycles. The normalized spacial score (nSPS) is 19.2. The zero-order valence-electron chi connectivity index (χ0n) is 12.0. The quantitative estimate of drug-likeness (QED) is 0.785. The molecule has 1 aromatic carbocycles. The van der Waals surface area contributed by atoms with Gasteiger partial charge in [0.25, 0.3) is 0 Å². The standard InChI is InChI=1S/C16H25NOS/c1-16(2,18)12-19-10-9-17-15-8-7-13-5-3-4-6-14(13)11-15/h3-6,15,17-18H,7-12H2,1-2H3. The number of fused-ring (bicyclic) bond motifs is 1. The van der Waals surface area contributed by atoms with E-state index >= 15 is 0 Å². The van der Waals surface area contributed by atoms with Gasteiger partial charge in [-0.2, -0.15) is 11.8 Å². The van der Waals surface area contributed by atoms with Crippen LogP contribution in [0.15, 0.2) is 24.3 Å². The molecule has 0 heterocycles. The summed E-state index contributed by atoms with van der Waals surface area (Å²) < 4.78 is 0. The van der Waals surface area contributed by atoms with Crippen LogP contribution >= 0.6 is 11.8 Å². The van der Waals surface area contributed by atoms with Crippen LogP contribution in [-0.2, 0) is 12.8 Å². The van der Waals surface area contributed by atoms with Gasteiger partial charge in [0.2, 0.25) is 0 Å². The second kappa shape index (κ2) is 6.78. The predicted molar refractivity (Wildman–Crippen MR) is 83.9 cm³/mol. The van der Waals surface area contributed by atoms with Gasteiger partial charge < -0.3 is 10.4 Å². The van der Waals surface area contributed by atoms with E-state index in [0.29, 0.717) is 6.04 Å². The van der Waals surface area contributed by atoms with Gasteiger partial charge in [-0.25, -0.2) is 0 Å². The summed E-state index contributed by atoms with van der Waals surface area (Å²) >= 11 is 1.82. The van der Waals surface area contributed by atoms with Crippen molar-refractivity contribution < 1.29 is 5.11 Å². The molecule has 106 valence electrons. The van der Waals surface area contributed by atoms with Crippen LogP contribution in [0.5, 0.6) is 0 Å². The molecule has 1 aliphatic rings. The van der Waals surface area contributed by atoms with Crippen molar-refractivity contribution in [3.8, 4) is 0 Å². The summed E-state index contributed by atoms with van der Waals surface area (Å²) in [5.74, 6) is 1.88. The highest BCUT2D eigenvalue weighted by Crippen LogP contribution is 2.21. The van der Waals surface area contributed by atoms with Crippen molar-refractivity contribution >= 4 is 11.8 Å². The molecule has 0 aliphatic heterocycles. The molecule has 1 unspecified atom stereocenters. The molecule has 0 aromatic heterocycles. The molecule has 0 spiro atoms. The van der Waals surface area contributed by atoms with Gasteiger partial charge in [0.15, 0.2) is 0 Å². The molecule has 0 saturated carbocycles. The van der Waals surface area contributed by atoms with Gasteiger partial charge in [-0.15, -0.1) is 0 Å². The number of hydrogen-bond donors (Lipinski definition) is 2. The molecule has 1 aromatic rings. The zero-order chi connectivity index (χ0) is 13.7. The van der Waals surface area contributed by atoms with Crippen LogP contribution in [0.25, 0.3) is 0 Å². The second-order valence-electron chi connectivity index (χ2n) is 6.03. The molecule has 0 amide bonds. The molecule has 2 N–H and O–H groups in total. The number of aliphatic hydroxyl groups is 1. The Morgan fingerprint density at radius 2 is 2.05 bits per heavy atom. The summed E-state index contributed by atoms with van der Waals surface area (Å²) in [4.78, 5) is 0. The van der Waals surface area contributed by atoms with Gasteiger partial charge in [-0.1, -0.05) is 24.3 Å². The van der Waals surface area contributed by atoms with Crippen LogP contribution in [0.2, 0.25) is 0 Å². The summed E-state index contributed by atoms with van der Waals surface area (Å²) in [5, 5.41) is 13.3. The number of aryl methyl sites for hydroxylation is 1. The Morgan fingerprint density at radius 1 is 1.32 bits per heavy atom. The van der Waals surface area contributed by atoms with Gasteiger partial charge in [-0.05, 0) is 44.2 Å². The van der Waals surface area contributed by atoms with Crippen molar-refractivity contribution in [3.05, 3.63) is 35.4 Å². The number of hydrogen-bond acceptors (Lipinski definition) is 3. The summed E-state index contributed by atoms with van der Waals surface area (Å²) in [7, 11) is 0. The molecule has 0 saturated heterocycles. The summed E-state index contributed by atoms with van der Waals surface area (Å²) in [6, 6.07) is 9.41.